The lowest BCUT2D eigenvalue weighted by molar-refractivity contribution is 0.603. The topological polar surface area (TPSA) is 83.9 Å². The van der Waals surface area contributed by atoms with E-state index < -0.39 is 14.7 Å². The SMILES string of the molecule is N#C/C(=C/N)S(=O)(=O)c1ccc(Cl)cc1. The van der Waals surface area contributed by atoms with E-state index in [0.29, 0.717) is 5.02 Å². The lowest BCUT2D eigenvalue weighted by atomic mass is 10.4. The van der Waals surface area contributed by atoms with E-state index in [1.54, 1.807) is 0 Å². The van der Waals surface area contributed by atoms with Crippen LogP contribution in [-0.2, 0) is 9.84 Å². The van der Waals surface area contributed by atoms with Crippen LogP contribution in [0.3, 0.4) is 0 Å². The maximum atomic E-state index is 11.7. The van der Waals surface area contributed by atoms with Crippen molar-refractivity contribution in [3.8, 4) is 6.07 Å². The minimum absolute atomic E-state index is 0.00912. The first-order valence-corrected chi connectivity index (χ1v) is 5.71. The zero-order chi connectivity index (χ0) is 11.5. The van der Waals surface area contributed by atoms with Crippen molar-refractivity contribution in [3.63, 3.8) is 0 Å². The van der Waals surface area contributed by atoms with E-state index in [2.05, 4.69) is 0 Å². The fourth-order valence-electron chi connectivity index (χ4n) is 0.928. The summed E-state index contributed by atoms with van der Waals surface area (Å²) in [6.45, 7) is 0. The molecule has 0 heterocycles. The smallest absolute Gasteiger partial charge is 0.218 e. The van der Waals surface area contributed by atoms with E-state index in [1.807, 2.05) is 0 Å². The highest BCUT2D eigenvalue weighted by Gasteiger charge is 2.19. The average molecular weight is 243 g/mol. The average Bonchev–Trinajstić information content (AvgIpc) is 2.19. The van der Waals surface area contributed by atoms with Gasteiger partial charge in [0.1, 0.15) is 6.07 Å². The number of halogens is 1. The summed E-state index contributed by atoms with van der Waals surface area (Å²) in [5.41, 5.74) is 5.05. The highest BCUT2D eigenvalue weighted by molar-refractivity contribution is 7.95. The maximum Gasteiger partial charge on any atom is 0.218 e. The number of nitrogens with two attached hydrogens (primary N) is 1. The van der Waals surface area contributed by atoms with Gasteiger partial charge in [-0.05, 0) is 24.3 Å². The van der Waals surface area contributed by atoms with Crippen molar-refractivity contribution in [1.29, 1.82) is 5.26 Å². The van der Waals surface area contributed by atoms with E-state index in [9.17, 15) is 8.42 Å². The molecule has 1 rings (SSSR count). The predicted molar refractivity (Wildman–Crippen MR) is 56.5 cm³/mol. The van der Waals surface area contributed by atoms with Crippen molar-refractivity contribution in [2.75, 3.05) is 0 Å². The summed E-state index contributed by atoms with van der Waals surface area (Å²) in [7, 11) is -3.80. The molecule has 0 saturated carbocycles. The van der Waals surface area contributed by atoms with Gasteiger partial charge in [0.25, 0.3) is 0 Å². The molecule has 1 aromatic carbocycles. The third-order valence-electron chi connectivity index (χ3n) is 1.68. The van der Waals surface area contributed by atoms with Crippen LogP contribution in [0.25, 0.3) is 0 Å². The fourth-order valence-corrected chi connectivity index (χ4v) is 2.10. The van der Waals surface area contributed by atoms with Crippen molar-refractivity contribution in [2.45, 2.75) is 4.90 Å². The van der Waals surface area contributed by atoms with Gasteiger partial charge in [0, 0.05) is 11.2 Å². The van der Waals surface area contributed by atoms with Crippen LogP contribution in [0.2, 0.25) is 5.02 Å². The van der Waals surface area contributed by atoms with Gasteiger partial charge < -0.3 is 5.73 Å². The molecule has 1 aromatic rings. The van der Waals surface area contributed by atoms with Crippen molar-refractivity contribution in [2.24, 2.45) is 5.73 Å². The molecule has 0 saturated heterocycles. The van der Waals surface area contributed by atoms with Gasteiger partial charge in [-0.1, -0.05) is 11.6 Å². The van der Waals surface area contributed by atoms with Crippen LogP contribution >= 0.6 is 11.6 Å². The summed E-state index contributed by atoms with van der Waals surface area (Å²) in [6.07, 6.45) is 0.768. The van der Waals surface area contributed by atoms with Crippen molar-refractivity contribution in [1.82, 2.24) is 0 Å². The van der Waals surface area contributed by atoms with Gasteiger partial charge in [0.15, 0.2) is 4.91 Å². The van der Waals surface area contributed by atoms with Crippen LogP contribution < -0.4 is 5.73 Å². The summed E-state index contributed by atoms with van der Waals surface area (Å²) in [6, 6.07) is 7.02. The van der Waals surface area contributed by atoms with Gasteiger partial charge >= 0.3 is 0 Å². The Hall–Kier alpha value is -1.51. The van der Waals surface area contributed by atoms with E-state index >= 15 is 0 Å². The molecule has 78 valence electrons. The molecule has 4 nitrogen and oxygen atoms in total. The third-order valence-corrected chi connectivity index (χ3v) is 3.63. The van der Waals surface area contributed by atoms with E-state index in [1.165, 1.54) is 30.3 Å². The molecule has 6 heteroatoms. The molecular formula is C9H7ClN2O2S. The number of rotatable bonds is 2. The molecular weight excluding hydrogens is 236 g/mol. The highest BCUT2D eigenvalue weighted by atomic mass is 35.5. The van der Waals surface area contributed by atoms with E-state index in [4.69, 9.17) is 22.6 Å². The van der Waals surface area contributed by atoms with Crippen LogP contribution in [0, 0.1) is 11.3 Å². The minimum Gasteiger partial charge on any atom is -0.403 e. The van der Waals surface area contributed by atoms with Crippen molar-refractivity contribution in [3.05, 3.63) is 40.4 Å². The Kier molecular flexibility index (Phi) is 3.35. The zero-order valence-corrected chi connectivity index (χ0v) is 9.09. The molecule has 15 heavy (non-hydrogen) atoms. The summed E-state index contributed by atoms with van der Waals surface area (Å²) in [5, 5.41) is 8.99. The molecule has 0 aliphatic rings. The number of benzene rings is 1. The number of sulfone groups is 1. The van der Waals surface area contributed by atoms with Gasteiger partial charge in [-0.15, -0.1) is 0 Å². The van der Waals surface area contributed by atoms with E-state index in [-0.39, 0.29) is 4.90 Å². The van der Waals surface area contributed by atoms with Gasteiger partial charge in [-0.25, -0.2) is 8.42 Å². The molecule has 2 N–H and O–H groups in total. The lowest BCUT2D eigenvalue weighted by Gasteiger charge is -2.01. The Labute approximate surface area is 92.5 Å². The number of allylic oxidation sites excluding steroid dienone is 1. The Bertz CT molecular complexity index is 526. The Morgan fingerprint density at radius 3 is 2.33 bits per heavy atom. The standard InChI is InChI=1S/C9H7ClN2O2S/c10-7-1-3-8(4-2-7)15(13,14)9(5-11)6-12/h1-5H,11H2/b9-5-. The van der Waals surface area contributed by atoms with Crippen molar-refractivity contribution >= 4 is 21.4 Å². The quantitative estimate of drug-likeness (QED) is 0.796. The second-order valence-corrected chi connectivity index (χ2v) is 4.95. The van der Waals surface area contributed by atoms with Crippen LogP contribution in [-0.4, -0.2) is 8.42 Å². The van der Waals surface area contributed by atoms with Gasteiger partial charge in [0.05, 0.1) is 4.90 Å². The Morgan fingerprint density at radius 2 is 1.93 bits per heavy atom. The number of hydrogen-bond acceptors (Lipinski definition) is 4. The molecule has 0 aromatic heterocycles. The third kappa shape index (κ3) is 2.29. The number of nitriles is 1. The molecule has 0 radical (unpaired) electrons. The molecule has 0 bridgehead atoms. The Morgan fingerprint density at radius 1 is 1.40 bits per heavy atom. The molecule has 0 aliphatic heterocycles. The second kappa shape index (κ2) is 4.34. The number of hydrogen-bond donors (Lipinski definition) is 1. The molecule has 0 aliphatic carbocycles. The molecule has 0 spiro atoms. The van der Waals surface area contributed by atoms with Crippen molar-refractivity contribution < 1.29 is 8.42 Å². The van der Waals surface area contributed by atoms with Crippen LogP contribution in [0.5, 0.6) is 0 Å². The minimum atomic E-state index is -3.80. The van der Waals surface area contributed by atoms with Crippen LogP contribution in [0.1, 0.15) is 0 Å². The number of nitrogens with zero attached hydrogens (tertiary/aromatic N) is 1. The summed E-state index contributed by atoms with van der Waals surface area (Å²) in [4.78, 5) is -0.491. The van der Waals surface area contributed by atoms with Crippen LogP contribution in [0.15, 0.2) is 40.3 Å². The maximum absolute atomic E-state index is 11.7. The summed E-state index contributed by atoms with van der Waals surface area (Å²) < 4.78 is 23.4. The summed E-state index contributed by atoms with van der Waals surface area (Å²) in [5.74, 6) is 0. The largest absolute Gasteiger partial charge is 0.403 e. The molecule has 0 amide bonds. The molecule has 0 unspecified atom stereocenters. The first-order chi connectivity index (χ1) is 7.02. The molecule has 0 atom stereocenters. The first kappa shape index (κ1) is 11.6. The molecule has 0 fully saturated rings. The zero-order valence-electron chi connectivity index (χ0n) is 7.51. The summed E-state index contributed by atoms with van der Waals surface area (Å²) >= 11 is 5.61. The van der Waals surface area contributed by atoms with Gasteiger partial charge in [0.2, 0.25) is 9.84 Å². The fraction of sp³-hybridized carbons (Fsp3) is 0. The monoisotopic (exact) mass is 242 g/mol. The lowest BCUT2D eigenvalue weighted by Crippen LogP contribution is -2.05. The van der Waals surface area contributed by atoms with Crippen LogP contribution in [0.4, 0.5) is 0 Å². The van der Waals surface area contributed by atoms with Gasteiger partial charge in [-0.3, -0.25) is 0 Å². The Balaban J connectivity index is 3.31. The first-order valence-electron chi connectivity index (χ1n) is 3.85. The second-order valence-electron chi connectivity index (χ2n) is 2.60. The normalized spacial score (nSPS) is 12.1. The van der Waals surface area contributed by atoms with E-state index in [0.717, 1.165) is 6.20 Å². The van der Waals surface area contributed by atoms with Gasteiger partial charge in [-0.2, -0.15) is 5.26 Å². The highest BCUT2D eigenvalue weighted by Crippen LogP contribution is 2.19. The predicted octanol–water partition coefficient (Wildman–Crippen LogP) is 1.44.